The second kappa shape index (κ2) is 4.84. The minimum Gasteiger partial charge on any atom is -0.475 e. The van der Waals surface area contributed by atoms with Crippen LogP contribution in [0.15, 0.2) is 48.5 Å². The fraction of sp³-hybridized carbons (Fsp3) is 0.0667. The molecule has 18 heavy (non-hydrogen) atoms. The summed E-state index contributed by atoms with van der Waals surface area (Å²) in [4.78, 5) is 21.8. The number of carbonyl (C=O) groups excluding carboxylic acids is 1. The molecule has 2 aromatic carbocycles. The predicted octanol–water partition coefficient (Wildman–Crippen LogP) is 2.93. The third-order valence-corrected chi connectivity index (χ3v) is 2.80. The number of carboxylic acid groups (broad SMARTS) is 1. The van der Waals surface area contributed by atoms with Gasteiger partial charge in [0.05, 0.1) is 0 Å². The van der Waals surface area contributed by atoms with E-state index in [1.54, 1.807) is 12.1 Å². The summed E-state index contributed by atoms with van der Waals surface area (Å²) in [5.74, 6) is -2.31. The molecule has 0 heterocycles. The summed E-state index contributed by atoms with van der Waals surface area (Å²) in [5, 5.41) is 8.62. The third-order valence-electron chi connectivity index (χ3n) is 2.80. The molecule has 0 aliphatic heterocycles. The van der Waals surface area contributed by atoms with Crippen LogP contribution in [0.5, 0.6) is 0 Å². The maximum Gasteiger partial charge on any atom is 0.377 e. The molecular formula is C15H12O3. The van der Waals surface area contributed by atoms with E-state index in [2.05, 4.69) is 0 Å². The van der Waals surface area contributed by atoms with Crippen molar-refractivity contribution in [3.8, 4) is 11.1 Å². The van der Waals surface area contributed by atoms with Crippen molar-refractivity contribution in [1.29, 1.82) is 0 Å². The van der Waals surface area contributed by atoms with E-state index in [0.29, 0.717) is 0 Å². The molecule has 3 nitrogen and oxygen atoms in total. The normalized spacial score (nSPS) is 10.1. The van der Waals surface area contributed by atoms with E-state index < -0.39 is 11.8 Å². The van der Waals surface area contributed by atoms with Gasteiger partial charge in [0.1, 0.15) is 0 Å². The maximum absolute atomic E-state index is 11.3. The average molecular weight is 240 g/mol. The number of hydrogen-bond acceptors (Lipinski definition) is 2. The van der Waals surface area contributed by atoms with Crippen LogP contribution in [0.3, 0.4) is 0 Å². The number of carboxylic acids is 1. The van der Waals surface area contributed by atoms with Gasteiger partial charge in [-0.25, -0.2) is 4.79 Å². The molecule has 0 bridgehead atoms. The lowest BCUT2D eigenvalue weighted by molar-refractivity contribution is -0.131. The van der Waals surface area contributed by atoms with Crippen LogP contribution in [0.4, 0.5) is 0 Å². The quantitative estimate of drug-likeness (QED) is 0.663. The molecule has 0 radical (unpaired) electrons. The number of aryl methyl sites for hydroxylation is 1. The van der Waals surface area contributed by atoms with E-state index in [0.717, 1.165) is 16.7 Å². The Morgan fingerprint density at radius 3 is 2.11 bits per heavy atom. The van der Waals surface area contributed by atoms with Crippen LogP contribution < -0.4 is 0 Å². The van der Waals surface area contributed by atoms with E-state index in [4.69, 9.17) is 5.11 Å². The molecule has 0 aromatic heterocycles. The van der Waals surface area contributed by atoms with E-state index in [1.165, 1.54) is 12.1 Å². The lowest BCUT2D eigenvalue weighted by Crippen LogP contribution is -2.12. The topological polar surface area (TPSA) is 54.4 Å². The Hall–Kier alpha value is -2.42. The van der Waals surface area contributed by atoms with Crippen LogP contribution in [-0.4, -0.2) is 16.9 Å². The second-order valence-electron chi connectivity index (χ2n) is 4.03. The molecular weight excluding hydrogens is 228 g/mol. The lowest BCUT2D eigenvalue weighted by Gasteiger charge is -2.06. The summed E-state index contributed by atoms with van der Waals surface area (Å²) in [6.45, 7) is 2.01. The monoisotopic (exact) mass is 240 g/mol. The summed E-state index contributed by atoms with van der Waals surface area (Å²) in [6.07, 6.45) is 0. The predicted molar refractivity (Wildman–Crippen MR) is 68.6 cm³/mol. The first-order valence-corrected chi connectivity index (χ1v) is 5.53. The molecule has 0 atom stereocenters. The van der Waals surface area contributed by atoms with Gasteiger partial charge in [0.15, 0.2) is 0 Å². The smallest absolute Gasteiger partial charge is 0.377 e. The molecule has 0 saturated carbocycles. The molecule has 0 amide bonds. The number of ketones is 1. The Balaban J connectivity index is 2.37. The van der Waals surface area contributed by atoms with Gasteiger partial charge in [-0.3, -0.25) is 4.79 Å². The zero-order chi connectivity index (χ0) is 13.1. The van der Waals surface area contributed by atoms with E-state index in [-0.39, 0.29) is 5.56 Å². The highest BCUT2D eigenvalue weighted by Crippen LogP contribution is 2.23. The highest BCUT2D eigenvalue weighted by atomic mass is 16.4. The number of aliphatic carboxylic acids is 1. The Kier molecular flexibility index (Phi) is 3.24. The van der Waals surface area contributed by atoms with E-state index in [1.807, 2.05) is 31.2 Å². The van der Waals surface area contributed by atoms with Gasteiger partial charge < -0.3 is 5.11 Å². The Labute approximate surface area is 105 Å². The second-order valence-corrected chi connectivity index (χ2v) is 4.03. The summed E-state index contributed by atoms with van der Waals surface area (Å²) >= 11 is 0. The van der Waals surface area contributed by atoms with Gasteiger partial charge in [-0.05, 0) is 23.6 Å². The molecule has 2 aromatic rings. The van der Waals surface area contributed by atoms with Gasteiger partial charge in [0.2, 0.25) is 0 Å². The summed E-state index contributed by atoms with van der Waals surface area (Å²) in [7, 11) is 0. The van der Waals surface area contributed by atoms with Crippen LogP contribution in [0, 0.1) is 6.92 Å². The molecule has 3 heteroatoms. The first-order valence-electron chi connectivity index (χ1n) is 5.53. The summed E-state index contributed by atoms with van der Waals surface area (Å²) in [5.41, 5.74) is 3.37. The van der Waals surface area contributed by atoms with Crippen molar-refractivity contribution in [1.82, 2.24) is 0 Å². The molecule has 0 saturated heterocycles. The Morgan fingerprint density at radius 2 is 1.56 bits per heavy atom. The van der Waals surface area contributed by atoms with Crippen molar-refractivity contribution >= 4 is 11.8 Å². The molecule has 0 aliphatic rings. The van der Waals surface area contributed by atoms with Crippen molar-refractivity contribution < 1.29 is 14.7 Å². The van der Waals surface area contributed by atoms with Gasteiger partial charge in [-0.1, -0.05) is 48.5 Å². The Bertz CT molecular complexity index is 597. The van der Waals surface area contributed by atoms with Crippen molar-refractivity contribution in [2.45, 2.75) is 6.92 Å². The van der Waals surface area contributed by atoms with Crippen LogP contribution in [0.1, 0.15) is 15.9 Å². The van der Waals surface area contributed by atoms with Gasteiger partial charge in [-0.15, -0.1) is 0 Å². The van der Waals surface area contributed by atoms with Crippen molar-refractivity contribution in [3.63, 3.8) is 0 Å². The van der Waals surface area contributed by atoms with Crippen molar-refractivity contribution in [2.24, 2.45) is 0 Å². The van der Waals surface area contributed by atoms with Gasteiger partial charge >= 0.3 is 5.97 Å². The van der Waals surface area contributed by atoms with Gasteiger partial charge in [0.25, 0.3) is 5.78 Å². The number of benzene rings is 2. The standard InChI is InChI=1S/C15H12O3/c1-10-4-2-3-5-13(10)11-6-8-12(9-7-11)14(16)15(17)18/h2-9H,1H3,(H,17,18). The van der Waals surface area contributed by atoms with Gasteiger partial charge in [0, 0.05) is 5.56 Å². The summed E-state index contributed by atoms with van der Waals surface area (Å²) < 4.78 is 0. The van der Waals surface area contributed by atoms with Crippen molar-refractivity contribution in [3.05, 3.63) is 59.7 Å². The highest BCUT2D eigenvalue weighted by Gasteiger charge is 2.14. The molecule has 0 spiro atoms. The largest absolute Gasteiger partial charge is 0.475 e. The first-order chi connectivity index (χ1) is 8.59. The Morgan fingerprint density at radius 1 is 0.944 bits per heavy atom. The number of Topliss-reactive ketones (excluding diaryl/α,β-unsaturated/α-hetero) is 1. The average Bonchev–Trinajstić information content (AvgIpc) is 2.38. The molecule has 0 fully saturated rings. The zero-order valence-corrected chi connectivity index (χ0v) is 9.88. The molecule has 0 unspecified atom stereocenters. The van der Waals surface area contributed by atoms with Crippen LogP contribution in [0.25, 0.3) is 11.1 Å². The molecule has 0 aliphatic carbocycles. The fourth-order valence-electron chi connectivity index (χ4n) is 1.82. The zero-order valence-electron chi connectivity index (χ0n) is 9.88. The minimum atomic E-state index is -1.43. The van der Waals surface area contributed by atoms with Crippen molar-refractivity contribution in [2.75, 3.05) is 0 Å². The van der Waals surface area contributed by atoms with Crippen LogP contribution in [-0.2, 0) is 4.79 Å². The molecule has 2 rings (SSSR count). The SMILES string of the molecule is Cc1ccccc1-c1ccc(C(=O)C(=O)O)cc1. The number of hydrogen-bond donors (Lipinski definition) is 1. The van der Waals surface area contributed by atoms with E-state index >= 15 is 0 Å². The molecule has 1 N–H and O–H groups in total. The number of rotatable bonds is 3. The lowest BCUT2D eigenvalue weighted by atomic mass is 9.99. The highest BCUT2D eigenvalue weighted by molar-refractivity contribution is 6.39. The maximum atomic E-state index is 11.3. The van der Waals surface area contributed by atoms with Crippen LogP contribution >= 0.6 is 0 Å². The third kappa shape index (κ3) is 2.30. The minimum absolute atomic E-state index is 0.194. The fourth-order valence-corrected chi connectivity index (χ4v) is 1.82. The van der Waals surface area contributed by atoms with Gasteiger partial charge in [-0.2, -0.15) is 0 Å². The molecule has 90 valence electrons. The number of carbonyl (C=O) groups is 2. The van der Waals surface area contributed by atoms with Crippen LogP contribution in [0.2, 0.25) is 0 Å². The summed E-state index contributed by atoms with van der Waals surface area (Å²) in [6, 6.07) is 14.5. The van der Waals surface area contributed by atoms with E-state index in [9.17, 15) is 9.59 Å². The first kappa shape index (κ1) is 12.0.